The van der Waals surface area contributed by atoms with Crippen molar-refractivity contribution in [2.75, 3.05) is 0 Å². The van der Waals surface area contributed by atoms with Crippen molar-refractivity contribution in [3.05, 3.63) is 23.5 Å². The van der Waals surface area contributed by atoms with Crippen LogP contribution in [0.3, 0.4) is 0 Å². The number of allylic oxidation sites excluding steroid dienone is 1. The van der Waals surface area contributed by atoms with Gasteiger partial charge in [-0.15, -0.1) is 0 Å². The van der Waals surface area contributed by atoms with E-state index in [2.05, 4.69) is 0 Å². The normalized spacial score (nSPS) is 26.4. The second-order valence-electron chi connectivity index (χ2n) is 3.38. The molecule has 14 heavy (non-hydrogen) atoms. The van der Waals surface area contributed by atoms with Crippen LogP contribution in [-0.2, 0) is 9.59 Å². The first-order valence-electron chi connectivity index (χ1n) is 3.96. The summed E-state index contributed by atoms with van der Waals surface area (Å²) in [5.74, 6) is -2.84. The maximum Gasteiger partial charge on any atom is 0.339 e. The summed E-state index contributed by atoms with van der Waals surface area (Å²) in [4.78, 5) is 21.3. The summed E-state index contributed by atoms with van der Waals surface area (Å²) < 4.78 is 0. The van der Waals surface area contributed by atoms with Gasteiger partial charge >= 0.3 is 11.9 Å². The third-order valence-corrected chi connectivity index (χ3v) is 2.18. The van der Waals surface area contributed by atoms with Gasteiger partial charge < -0.3 is 15.3 Å². The number of carboxylic acid groups (broad SMARTS) is 2. The zero-order chi connectivity index (χ0) is 10.9. The van der Waals surface area contributed by atoms with Crippen LogP contribution >= 0.6 is 0 Å². The molecule has 1 unspecified atom stereocenters. The van der Waals surface area contributed by atoms with Crippen molar-refractivity contribution in [1.82, 2.24) is 0 Å². The van der Waals surface area contributed by atoms with Crippen molar-refractivity contribution >= 4 is 11.9 Å². The largest absolute Gasteiger partial charge is 0.507 e. The Bertz CT molecular complexity index is 352. The van der Waals surface area contributed by atoms with Crippen LogP contribution in [0.4, 0.5) is 0 Å². The molecule has 1 aliphatic carbocycles. The number of hydrogen-bond acceptors (Lipinski definition) is 3. The van der Waals surface area contributed by atoms with Gasteiger partial charge in [-0.3, -0.25) is 4.79 Å². The van der Waals surface area contributed by atoms with Gasteiger partial charge in [-0.05, 0) is 19.4 Å². The van der Waals surface area contributed by atoms with E-state index in [4.69, 9.17) is 10.2 Å². The van der Waals surface area contributed by atoms with E-state index in [1.54, 1.807) is 0 Å². The Morgan fingerprint density at radius 2 is 2.00 bits per heavy atom. The first-order valence-corrected chi connectivity index (χ1v) is 3.96. The fourth-order valence-corrected chi connectivity index (χ4v) is 1.20. The molecule has 3 N–H and O–H groups in total. The van der Waals surface area contributed by atoms with E-state index >= 15 is 0 Å². The summed E-state index contributed by atoms with van der Waals surface area (Å²) in [5.41, 5.74) is -1.47. The Balaban J connectivity index is 3.03. The summed E-state index contributed by atoms with van der Waals surface area (Å²) >= 11 is 0. The van der Waals surface area contributed by atoms with Gasteiger partial charge in [0.2, 0.25) is 0 Å². The van der Waals surface area contributed by atoms with E-state index in [0.29, 0.717) is 0 Å². The Hall–Kier alpha value is -1.78. The van der Waals surface area contributed by atoms with Crippen molar-refractivity contribution in [3.63, 3.8) is 0 Å². The average molecular weight is 198 g/mol. The van der Waals surface area contributed by atoms with Crippen LogP contribution in [0.25, 0.3) is 0 Å². The maximum atomic E-state index is 10.8. The van der Waals surface area contributed by atoms with Gasteiger partial charge in [0.15, 0.2) is 0 Å². The number of hydrogen-bond donors (Lipinski definition) is 3. The fourth-order valence-electron chi connectivity index (χ4n) is 1.20. The number of aliphatic hydroxyl groups excluding tert-OH is 1. The van der Waals surface area contributed by atoms with Gasteiger partial charge in [0.05, 0.1) is 11.0 Å². The molecule has 1 rings (SSSR count). The van der Waals surface area contributed by atoms with Gasteiger partial charge in [-0.2, -0.15) is 0 Å². The lowest BCUT2D eigenvalue weighted by atomic mass is 9.81. The van der Waals surface area contributed by atoms with E-state index < -0.39 is 23.1 Å². The van der Waals surface area contributed by atoms with Gasteiger partial charge in [0.1, 0.15) is 5.76 Å². The van der Waals surface area contributed by atoms with Crippen molar-refractivity contribution in [2.45, 2.75) is 13.3 Å². The highest BCUT2D eigenvalue weighted by Crippen LogP contribution is 2.32. The SMILES string of the molecule is CC1(C(=O)O)C=C(O)C(C(=O)O)=CC1. The van der Waals surface area contributed by atoms with Gasteiger partial charge in [-0.25, -0.2) is 4.79 Å². The molecule has 0 aromatic carbocycles. The zero-order valence-corrected chi connectivity index (χ0v) is 7.52. The lowest BCUT2D eigenvalue weighted by Crippen LogP contribution is -2.28. The number of rotatable bonds is 2. The van der Waals surface area contributed by atoms with E-state index in [1.807, 2.05) is 0 Å². The predicted octanol–water partition coefficient (Wildman–Crippen LogP) is 0.934. The number of carboxylic acids is 2. The zero-order valence-electron chi connectivity index (χ0n) is 7.52. The molecule has 5 nitrogen and oxygen atoms in total. The van der Waals surface area contributed by atoms with Gasteiger partial charge in [0.25, 0.3) is 0 Å². The topological polar surface area (TPSA) is 94.8 Å². The van der Waals surface area contributed by atoms with Gasteiger partial charge in [-0.1, -0.05) is 6.08 Å². The molecule has 0 aromatic rings. The highest BCUT2D eigenvalue weighted by atomic mass is 16.4. The Labute approximate surface area is 80.0 Å². The molecule has 1 atom stereocenters. The lowest BCUT2D eigenvalue weighted by molar-refractivity contribution is -0.145. The first-order chi connectivity index (χ1) is 6.37. The van der Waals surface area contributed by atoms with E-state index in [1.165, 1.54) is 13.0 Å². The molecule has 0 saturated heterocycles. The van der Waals surface area contributed by atoms with Crippen LogP contribution in [0.15, 0.2) is 23.5 Å². The van der Waals surface area contributed by atoms with Crippen molar-refractivity contribution in [1.29, 1.82) is 0 Å². The molecular weight excluding hydrogens is 188 g/mol. The summed E-state index contributed by atoms with van der Waals surface area (Å²) in [6.07, 6.45) is 2.33. The third-order valence-electron chi connectivity index (χ3n) is 2.18. The van der Waals surface area contributed by atoms with Gasteiger partial charge in [0, 0.05) is 0 Å². The lowest BCUT2D eigenvalue weighted by Gasteiger charge is -2.23. The molecule has 0 amide bonds. The molecule has 5 heteroatoms. The first kappa shape index (κ1) is 10.3. The molecule has 0 aromatic heterocycles. The summed E-state index contributed by atoms with van der Waals surface area (Å²) in [6.45, 7) is 1.42. The van der Waals surface area contributed by atoms with Crippen LogP contribution in [0, 0.1) is 5.41 Å². The minimum Gasteiger partial charge on any atom is -0.507 e. The molecule has 76 valence electrons. The van der Waals surface area contributed by atoms with E-state index in [9.17, 15) is 14.7 Å². The smallest absolute Gasteiger partial charge is 0.339 e. The van der Waals surface area contributed by atoms with Crippen LogP contribution in [0.2, 0.25) is 0 Å². The monoisotopic (exact) mass is 198 g/mol. The Morgan fingerprint density at radius 3 is 2.36 bits per heavy atom. The second-order valence-corrected chi connectivity index (χ2v) is 3.38. The van der Waals surface area contributed by atoms with E-state index in [0.717, 1.165) is 6.08 Å². The molecular formula is C9H10O5. The predicted molar refractivity (Wildman–Crippen MR) is 46.8 cm³/mol. The summed E-state index contributed by atoms with van der Waals surface area (Å²) in [6, 6.07) is 0. The molecule has 0 radical (unpaired) electrons. The third kappa shape index (κ3) is 1.61. The van der Waals surface area contributed by atoms with Crippen molar-refractivity contribution in [3.8, 4) is 0 Å². The highest BCUT2D eigenvalue weighted by molar-refractivity contribution is 5.92. The molecule has 0 bridgehead atoms. The van der Waals surface area contributed by atoms with E-state index in [-0.39, 0.29) is 12.0 Å². The Morgan fingerprint density at radius 1 is 1.43 bits per heavy atom. The van der Waals surface area contributed by atoms with Crippen molar-refractivity contribution in [2.24, 2.45) is 5.41 Å². The van der Waals surface area contributed by atoms with Crippen LogP contribution in [0.5, 0.6) is 0 Å². The molecule has 0 saturated carbocycles. The molecule has 0 fully saturated rings. The molecule has 0 aliphatic heterocycles. The maximum absolute atomic E-state index is 10.8. The Kier molecular flexibility index (Phi) is 2.33. The fraction of sp³-hybridized carbons (Fsp3) is 0.333. The van der Waals surface area contributed by atoms with Crippen LogP contribution in [-0.4, -0.2) is 27.3 Å². The minimum absolute atomic E-state index is 0.0635. The average Bonchev–Trinajstić information content (AvgIpc) is 2.02. The molecule has 0 heterocycles. The van der Waals surface area contributed by atoms with Crippen LogP contribution < -0.4 is 0 Å². The number of carbonyl (C=O) groups is 2. The summed E-state index contributed by atoms with van der Waals surface area (Å²) in [5, 5.41) is 26.7. The van der Waals surface area contributed by atoms with Crippen molar-refractivity contribution < 1.29 is 24.9 Å². The summed E-state index contributed by atoms with van der Waals surface area (Å²) in [7, 11) is 0. The molecule has 0 spiro atoms. The highest BCUT2D eigenvalue weighted by Gasteiger charge is 2.35. The number of aliphatic carboxylic acids is 2. The minimum atomic E-state index is -1.26. The second kappa shape index (κ2) is 3.17. The molecule has 1 aliphatic rings. The number of aliphatic hydroxyl groups is 1. The van der Waals surface area contributed by atoms with Crippen LogP contribution in [0.1, 0.15) is 13.3 Å². The quantitative estimate of drug-likeness (QED) is 0.613. The standard InChI is InChI=1S/C9H10O5/c1-9(8(13)14)3-2-5(7(11)12)6(10)4-9/h2,4,10H,3H2,1H3,(H,11,12)(H,13,14).